The number of carbonyl (C=O) groups is 2. The van der Waals surface area contributed by atoms with E-state index < -0.39 is 11.9 Å². The lowest BCUT2D eigenvalue weighted by Gasteiger charge is -2.24. The van der Waals surface area contributed by atoms with E-state index in [0.29, 0.717) is 35.0 Å². The lowest BCUT2D eigenvalue weighted by atomic mass is 9.87. The average Bonchev–Trinajstić information content (AvgIpc) is 3.43. The molecule has 4 rings (SSSR count). The van der Waals surface area contributed by atoms with Crippen LogP contribution in [0.3, 0.4) is 0 Å². The first kappa shape index (κ1) is 24.7. The number of hydrogen-bond donors (Lipinski definition) is 0. The Morgan fingerprint density at radius 3 is 1.83 bits per heavy atom. The Bertz CT molecular complexity index is 1150. The van der Waals surface area contributed by atoms with E-state index in [0.717, 1.165) is 56.1 Å². The van der Waals surface area contributed by atoms with Gasteiger partial charge in [-0.1, -0.05) is 75.6 Å². The second-order valence-electron chi connectivity index (χ2n) is 9.22. The van der Waals surface area contributed by atoms with Crippen LogP contribution in [-0.4, -0.2) is 11.9 Å². The van der Waals surface area contributed by atoms with Crippen LogP contribution in [0.1, 0.15) is 95.7 Å². The van der Waals surface area contributed by atoms with Gasteiger partial charge in [0.15, 0.2) is 11.5 Å². The number of hydrogen-bond acceptors (Lipinski definition) is 4. The number of esters is 2. The topological polar surface area (TPSA) is 52.6 Å². The largest absolute Gasteiger partial charge is 0.419 e. The van der Waals surface area contributed by atoms with E-state index in [1.54, 1.807) is 24.3 Å². The Kier molecular flexibility index (Phi) is 8.36. The summed E-state index contributed by atoms with van der Waals surface area (Å²) in [5.41, 5.74) is 4.09. The van der Waals surface area contributed by atoms with Crippen molar-refractivity contribution >= 4 is 11.9 Å². The fourth-order valence-corrected chi connectivity index (χ4v) is 4.93. The summed E-state index contributed by atoms with van der Waals surface area (Å²) >= 11 is 0. The third kappa shape index (κ3) is 5.82. The van der Waals surface area contributed by atoms with Gasteiger partial charge in [-0.05, 0) is 73.4 Å². The van der Waals surface area contributed by atoms with Crippen molar-refractivity contribution in [3.63, 3.8) is 0 Å². The molecule has 1 fully saturated rings. The molecule has 0 aromatic heterocycles. The smallest absolute Gasteiger partial charge is 0.343 e. The van der Waals surface area contributed by atoms with Gasteiger partial charge in [0.2, 0.25) is 0 Å². The van der Waals surface area contributed by atoms with Crippen molar-refractivity contribution in [1.29, 1.82) is 0 Å². The second-order valence-corrected chi connectivity index (χ2v) is 9.22. The van der Waals surface area contributed by atoms with Crippen molar-refractivity contribution in [3.05, 3.63) is 94.5 Å². The third-order valence-electron chi connectivity index (χ3n) is 6.79. The van der Waals surface area contributed by atoms with Crippen molar-refractivity contribution in [2.75, 3.05) is 0 Å². The molecular formula is C31H34O4. The van der Waals surface area contributed by atoms with Crippen LogP contribution in [0.15, 0.2) is 66.7 Å². The standard InChI is InChI=1S/C31H34O4/c1-3-5-14-26-21-22(4-2)28(34-30(32)24-17-8-6-9-18-24)29(27(26)23-15-12-13-16-23)35-31(33)25-19-10-7-11-20-25/h6-11,17-21,23H,3-5,12-16H2,1-2H3. The van der Waals surface area contributed by atoms with Crippen LogP contribution in [0.25, 0.3) is 0 Å². The molecule has 0 unspecified atom stereocenters. The van der Waals surface area contributed by atoms with Gasteiger partial charge in [-0.15, -0.1) is 0 Å². The van der Waals surface area contributed by atoms with E-state index in [4.69, 9.17) is 9.47 Å². The van der Waals surface area contributed by atoms with Crippen LogP contribution >= 0.6 is 0 Å². The van der Waals surface area contributed by atoms with E-state index in [9.17, 15) is 9.59 Å². The maximum Gasteiger partial charge on any atom is 0.343 e. The molecule has 4 nitrogen and oxygen atoms in total. The summed E-state index contributed by atoms with van der Waals surface area (Å²) in [6, 6.07) is 20.1. The first-order valence-corrected chi connectivity index (χ1v) is 12.8. The highest BCUT2D eigenvalue weighted by Crippen LogP contribution is 2.47. The summed E-state index contributed by atoms with van der Waals surface area (Å²) in [4.78, 5) is 26.4. The molecule has 1 aliphatic rings. The zero-order chi connectivity index (χ0) is 24.6. The number of benzene rings is 3. The molecule has 0 bridgehead atoms. The number of aryl methyl sites for hydroxylation is 2. The molecular weight excluding hydrogens is 436 g/mol. The predicted molar refractivity (Wildman–Crippen MR) is 138 cm³/mol. The maximum absolute atomic E-state index is 13.3. The van der Waals surface area contributed by atoms with Gasteiger partial charge in [-0.25, -0.2) is 9.59 Å². The van der Waals surface area contributed by atoms with Crippen LogP contribution in [0, 0.1) is 0 Å². The second kappa shape index (κ2) is 11.8. The Morgan fingerprint density at radius 1 is 0.771 bits per heavy atom. The minimum Gasteiger partial charge on any atom is -0.419 e. The summed E-state index contributed by atoms with van der Waals surface area (Å²) < 4.78 is 12.2. The number of unbranched alkanes of at least 4 members (excludes halogenated alkanes) is 1. The molecule has 3 aromatic carbocycles. The Balaban J connectivity index is 1.85. The van der Waals surface area contributed by atoms with Crippen molar-refractivity contribution in [3.8, 4) is 11.5 Å². The summed E-state index contributed by atoms with van der Waals surface area (Å²) in [5.74, 6) is 0.223. The quantitative estimate of drug-likeness (QED) is 0.238. The molecule has 0 heterocycles. The van der Waals surface area contributed by atoms with E-state index in [-0.39, 0.29) is 0 Å². The molecule has 1 saturated carbocycles. The number of carbonyl (C=O) groups excluding carboxylic acids is 2. The lowest BCUT2D eigenvalue weighted by molar-refractivity contribution is 0.0679. The Labute approximate surface area is 208 Å². The highest BCUT2D eigenvalue weighted by molar-refractivity contribution is 5.93. The summed E-state index contributed by atoms with van der Waals surface area (Å²) in [7, 11) is 0. The fourth-order valence-electron chi connectivity index (χ4n) is 4.93. The average molecular weight is 471 g/mol. The Morgan fingerprint density at radius 2 is 1.31 bits per heavy atom. The van der Waals surface area contributed by atoms with Crippen molar-refractivity contribution in [2.24, 2.45) is 0 Å². The van der Waals surface area contributed by atoms with Crippen LogP contribution < -0.4 is 9.47 Å². The molecule has 0 atom stereocenters. The predicted octanol–water partition coefficient (Wildman–Crippen LogP) is 7.69. The van der Waals surface area contributed by atoms with Gasteiger partial charge in [0.1, 0.15) is 0 Å². The molecule has 0 radical (unpaired) electrons. The molecule has 0 saturated heterocycles. The van der Waals surface area contributed by atoms with Gasteiger partial charge in [0, 0.05) is 5.56 Å². The SMILES string of the molecule is CCCCc1cc(CC)c(OC(=O)c2ccccc2)c(OC(=O)c2ccccc2)c1C1CCCC1. The van der Waals surface area contributed by atoms with Gasteiger partial charge in [0.05, 0.1) is 11.1 Å². The Hall–Kier alpha value is -3.40. The molecule has 0 aliphatic heterocycles. The molecule has 3 aromatic rings. The molecule has 4 heteroatoms. The highest BCUT2D eigenvalue weighted by atomic mass is 16.6. The normalized spacial score (nSPS) is 13.5. The summed E-state index contributed by atoms with van der Waals surface area (Å²) in [5, 5.41) is 0. The van der Waals surface area contributed by atoms with Gasteiger partial charge < -0.3 is 9.47 Å². The van der Waals surface area contributed by atoms with E-state index in [1.165, 1.54) is 5.56 Å². The first-order valence-electron chi connectivity index (χ1n) is 12.8. The molecule has 0 N–H and O–H groups in total. The summed E-state index contributed by atoms with van der Waals surface area (Å²) in [6.45, 7) is 4.22. The molecule has 35 heavy (non-hydrogen) atoms. The fraction of sp³-hybridized carbons (Fsp3) is 0.355. The number of ether oxygens (including phenoxy) is 2. The zero-order valence-corrected chi connectivity index (χ0v) is 20.7. The third-order valence-corrected chi connectivity index (χ3v) is 6.79. The van der Waals surface area contributed by atoms with E-state index in [2.05, 4.69) is 13.0 Å². The lowest BCUT2D eigenvalue weighted by Crippen LogP contribution is -2.17. The molecule has 182 valence electrons. The van der Waals surface area contributed by atoms with E-state index >= 15 is 0 Å². The minimum atomic E-state index is -0.448. The molecule has 0 amide bonds. The van der Waals surface area contributed by atoms with Gasteiger partial charge in [0.25, 0.3) is 0 Å². The van der Waals surface area contributed by atoms with Crippen molar-refractivity contribution in [1.82, 2.24) is 0 Å². The number of rotatable bonds is 9. The van der Waals surface area contributed by atoms with Crippen LogP contribution in [0.4, 0.5) is 0 Å². The maximum atomic E-state index is 13.3. The highest BCUT2D eigenvalue weighted by Gasteiger charge is 2.30. The molecule has 1 aliphatic carbocycles. The summed E-state index contributed by atoms with van der Waals surface area (Å²) in [6.07, 6.45) is 8.11. The van der Waals surface area contributed by atoms with Gasteiger partial charge in [-0.3, -0.25) is 0 Å². The van der Waals surface area contributed by atoms with Crippen molar-refractivity contribution in [2.45, 2.75) is 71.1 Å². The van der Waals surface area contributed by atoms with Gasteiger partial charge in [-0.2, -0.15) is 0 Å². The monoisotopic (exact) mass is 470 g/mol. The van der Waals surface area contributed by atoms with Crippen LogP contribution in [-0.2, 0) is 12.8 Å². The van der Waals surface area contributed by atoms with Crippen LogP contribution in [0.5, 0.6) is 11.5 Å². The first-order chi connectivity index (χ1) is 17.1. The zero-order valence-electron chi connectivity index (χ0n) is 20.7. The minimum absolute atomic E-state index is 0.292. The van der Waals surface area contributed by atoms with E-state index in [1.807, 2.05) is 43.3 Å². The van der Waals surface area contributed by atoms with Gasteiger partial charge >= 0.3 is 11.9 Å². The van der Waals surface area contributed by atoms with Crippen molar-refractivity contribution < 1.29 is 19.1 Å². The molecule has 0 spiro atoms. The van der Waals surface area contributed by atoms with Crippen LogP contribution in [0.2, 0.25) is 0 Å².